The molecule has 2 aromatic rings. The minimum atomic E-state index is -3.07. The van der Waals surface area contributed by atoms with Crippen LogP contribution in [0.1, 0.15) is 31.1 Å². The highest BCUT2D eigenvalue weighted by Gasteiger charge is 2.21. The van der Waals surface area contributed by atoms with Crippen LogP contribution in [0.4, 0.5) is 0 Å². The number of alkyl halides is 1. The van der Waals surface area contributed by atoms with Crippen molar-refractivity contribution in [2.45, 2.75) is 25.3 Å². The van der Waals surface area contributed by atoms with E-state index in [1.165, 1.54) is 6.26 Å². The maximum Gasteiger partial charge on any atom is 0.149 e. The summed E-state index contributed by atoms with van der Waals surface area (Å²) in [6.45, 7) is 3.70. The van der Waals surface area contributed by atoms with E-state index in [9.17, 15) is 8.42 Å². The van der Waals surface area contributed by atoms with Crippen LogP contribution in [0.25, 0.3) is 11.0 Å². The van der Waals surface area contributed by atoms with Gasteiger partial charge >= 0.3 is 0 Å². The van der Waals surface area contributed by atoms with E-state index in [2.05, 4.69) is 20.9 Å². The Morgan fingerprint density at radius 3 is 2.60 bits per heavy atom. The van der Waals surface area contributed by atoms with Crippen LogP contribution < -0.4 is 0 Å². The van der Waals surface area contributed by atoms with Crippen molar-refractivity contribution in [2.75, 3.05) is 12.0 Å². The van der Waals surface area contributed by atoms with E-state index < -0.39 is 9.84 Å². The molecule has 110 valence electrons. The molecule has 0 aliphatic carbocycles. The van der Waals surface area contributed by atoms with Gasteiger partial charge in [-0.05, 0) is 32.0 Å². The average Bonchev–Trinajstić information content (AvgIpc) is 2.65. The van der Waals surface area contributed by atoms with Crippen LogP contribution in [0, 0.1) is 0 Å². The van der Waals surface area contributed by atoms with Gasteiger partial charge in [0.2, 0.25) is 0 Å². The number of hydrogen-bond acceptors (Lipinski definition) is 3. The Balaban J connectivity index is 2.64. The highest BCUT2D eigenvalue weighted by Crippen LogP contribution is 2.30. The van der Waals surface area contributed by atoms with Gasteiger partial charge in [0, 0.05) is 16.8 Å². The molecule has 0 radical (unpaired) electrons. The monoisotopic (exact) mass is 378 g/mol. The maximum absolute atomic E-state index is 11.5. The van der Waals surface area contributed by atoms with E-state index in [0.717, 1.165) is 15.5 Å². The number of rotatable bonds is 4. The Hall–Kier alpha value is -0.590. The molecular formula is C13H16BrClN2O2S. The normalized spacial score (nSPS) is 15.4. The molecule has 0 amide bonds. The summed E-state index contributed by atoms with van der Waals surface area (Å²) in [5, 5.41) is -0.289. The number of nitrogens with zero attached hydrogens (tertiary/aromatic N) is 2. The number of aromatic nitrogens is 2. The van der Waals surface area contributed by atoms with Gasteiger partial charge in [-0.2, -0.15) is 0 Å². The van der Waals surface area contributed by atoms with Crippen molar-refractivity contribution in [3.05, 3.63) is 28.5 Å². The van der Waals surface area contributed by atoms with Gasteiger partial charge in [-0.25, -0.2) is 13.4 Å². The average molecular weight is 380 g/mol. The molecule has 0 saturated carbocycles. The van der Waals surface area contributed by atoms with Crippen LogP contribution in [0.15, 0.2) is 22.7 Å². The van der Waals surface area contributed by atoms with Crippen molar-refractivity contribution in [3.63, 3.8) is 0 Å². The standard InChI is InChI=1S/C13H16BrClN2O2S/c1-8(7-20(3,18)19)17-12-6-10(14)4-5-11(12)16-13(17)9(2)15/h4-6,8-9H,7H2,1-3H3. The quantitative estimate of drug-likeness (QED) is 0.761. The molecule has 1 aromatic heterocycles. The first-order valence-electron chi connectivity index (χ1n) is 6.18. The summed E-state index contributed by atoms with van der Waals surface area (Å²) in [6.07, 6.45) is 1.24. The number of sulfone groups is 1. The fourth-order valence-corrected chi connectivity index (χ4v) is 3.87. The molecule has 0 bridgehead atoms. The van der Waals surface area contributed by atoms with E-state index in [1.807, 2.05) is 36.6 Å². The lowest BCUT2D eigenvalue weighted by atomic mass is 10.3. The Bertz CT molecular complexity index is 740. The van der Waals surface area contributed by atoms with Crippen LogP contribution in [0.3, 0.4) is 0 Å². The van der Waals surface area contributed by atoms with Crippen molar-refractivity contribution < 1.29 is 8.42 Å². The molecule has 1 heterocycles. The summed E-state index contributed by atoms with van der Waals surface area (Å²) in [5.41, 5.74) is 1.70. The van der Waals surface area contributed by atoms with E-state index in [4.69, 9.17) is 11.6 Å². The first-order valence-corrected chi connectivity index (χ1v) is 9.47. The molecule has 0 spiro atoms. The zero-order valence-electron chi connectivity index (χ0n) is 11.5. The van der Waals surface area contributed by atoms with Gasteiger partial charge in [-0.3, -0.25) is 0 Å². The summed E-state index contributed by atoms with van der Waals surface area (Å²) in [4.78, 5) is 4.52. The second kappa shape index (κ2) is 5.66. The molecule has 0 N–H and O–H groups in total. The summed E-state index contributed by atoms with van der Waals surface area (Å²) in [7, 11) is -3.07. The Morgan fingerprint density at radius 1 is 1.40 bits per heavy atom. The molecule has 20 heavy (non-hydrogen) atoms. The summed E-state index contributed by atoms with van der Waals surface area (Å²) >= 11 is 9.62. The zero-order chi connectivity index (χ0) is 15.1. The number of fused-ring (bicyclic) bond motifs is 1. The van der Waals surface area contributed by atoms with Crippen LogP contribution in [0.2, 0.25) is 0 Å². The molecule has 0 saturated heterocycles. The van der Waals surface area contributed by atoms with Crippen molar-refractivity contribution in [2.24, 2.45) is 0 Å². The summed E-state index contributed by atoms with van der Waals surface area (Å²) in [5.74, 6) is 0.748. The van der Waals surface area contributed by atoms with Gasteiger partial charge in [0.1, 0.15) is 15.7 Å². The van der Waals surface area contributed by atoms with Crippen LogP contribution in [0.5, 0.6) is 0 Å². The van der Waals surface area contributed by atoms with Gasteiger partial charge < -0.3 is 4.57 Å². The summed E-state index contributed by atoms with van der Waals surface area (Å²) in [6, 6.07) is 5.51. The molecule has 2 rings (SSSR count). The molecule has 4 nitrogen and oxygen atoms in total. The molecule has 0 fully saturated rings. The smallest absolute Gasteiger partial charge is 0.149 e. The zero-order valence-corrected chi connectivity index (χ0v) is 14.6. The molecule has 2 atom stereocenters. The second-order valence-electron chi connectivity index (χ2n) is 5.03. The number of imidazole rings is 1. The lowest BCUT2D eigenvalue weighted by Crippen LogP contribution is -2.18. The van der Waals surface area contributed by atoms with Crippen molar-refractivity contribution >= 4 is 48.4 Å². The SMILES string of the molecule is CC(Cl)c1nc2ccc(Br)cc2n1C(C)CS(C)(=O)=O. The molecule has 0 aliphatic rings. The van der Waals surface area contributed by atoms with Gasteiger partial charge in [-0.1, -0.05) is 15.9 Å². The van der Waals surface area contributed by atoms with E-state index in [0.29, 0.717) is 5.82 Å². The van der Waals surface area contributed by atoms with E-state index in [1.54, 1.807) is 0 Å². The molecular weight excluding hydrogens is 364 g/mol. The van der Waals surface area contributed by atoms with Gasteiger partial charge in [0.15, 0.2) is 0 Å². The Morgan fingerprint density at radius 2 is 2.05 bits per heavy atom. The Kier molecular flexibility index (Phi) is 4.47. The molecule has 7 heteroatoms. The summed E-state index contributed by atoms with van der Waals surface area (Å²) < 4.78 is 25.9. The number of halogens is 2. The Labute approximate surface area is 132 Å². The highest BCUT2D eigenvalue weighted by molar-refractivity contribution is 9.10. The fraction of sp³-hybridized carbons (Fsp3) is 0.462. The van der Waals surface area contributed by atoms with Gasteiger partial charge in [-0.15, -0.1) is 11.6 Å². The van der Waals surface area contributed by atoms with E-state index >= 15 is 0 Å². The van der Waals surface area contributed by atoms with Crippen molar-refractivity contribution in [1.29, 1.82) is 0 Å². The molecule has 1 aromatic carbocycles. The van der Waals surface area contributed by atoms with Crippen LogP contribution >= 0.6 is 27.5 Å². The highest BCUT2D eigenvalue weighted by atomic mass is 79.9. The van der Waals surface area contributed by atoms with Gasteiger partial charge in [0.05, 0.1) is 22.2 Å². The third-order valence-electron chi connectivity index (χ3n) is 3.02. The third kappa shape index (κ3) is 3.35. The van der Waals surface area contributed by atoms with Crippen molar-refractivity contribution in [1.82, 2.24) is 9.55 Å². The van der Waals surface area contributed by atoms with Crippen molar-refractivity contribution in [3.8, 4) is 0 Å². The third-order valence-corrected chi connectivity index (χ3v) is 4.80. The number of hydrogen-bond donors (Lipinski definition) is 0. The predicted octanol–water partition coefficient (Wildman–Crippen LogP) is 3.70. The lowest BCUT2D eigenvalue weighted by molar-refractivity contribution is 0.555. The fourth-order valence-electron chi connectivity index (χ4n) is 2.34. The van der Waals surface area contributed by atoms with Gasteiger partial charge in [0.25, 0.3) is 0 Å². The number of benzene rings is 1. The minimum absolute atomic E-state index is 0.0571. The predicted molar refractivity (Wildman–Crippen MR) is 86.1 cm³/mol. The maximum atomic E-state index is 11.5. The first kappa shape index (κ1) is 15.8. The lowest BCUT2D eigenvalue weighted by Gasteiger charge is -2.17. The van der Waals surface area contributed by atoms with E-state index in [-0.39, 0.29) is 17.2 Å². The largest absolute Gasteiger partial charge is 0.323 e. The second-order valence-corrected chi connectivity index (χ2v) is 8.79. The topological polar surface area (TPSA) is 52.0 Å². The molecule has 0 aliphatic heterocycles. The van der Waals surface area contributed by atoms with Crippen LogP contribution in [-0.2, 0) is 9.84 Å². The first-order chi connectivity index (χ1) is 9.19. The molecule has 2 unspecified atom stereocenters. The van der Waals surface area contributed by atoms with Crippen LogP contribution in [-0.4, -0.2) is 30.0 Å². The minimum Gasteiger partial charge on any atom is -0.323 e.